The number of ether oxygens (including phenoxy) is 1. The maximum Gasteiger partial charge on any atom is 0.331 e. The Bertz CT molecular complexity index is 585. The van der Waals surface area contributed by atoms with Crippen LogP contribution in [-0.4, -0.2) is 28.0 Å². The zero-order chi connectivity index (χ0) is 14.0. The van der Waals surface area contributed by atoms with Crippen molar-refractivity contribution in [3.63, 3.8) is 0 Å². The van der Waals surface area contributed by atoms with Gasteiger partial charge >= 0.3 is 5.97 Å². The first-order valence-electron chi connectivity index (χ1n) is 5.88. The van der Waals surface area contributed by atoms with Crippen LogP contribution in [0.1, 0.15) is 13.8 Å². The lowest BCUT2D eigenvalue weighted by Crippen LogP contribution is -2.35. The minimum atomic E-state index is -1.06. The predicted octanol–water partition coefficient (Wildman–Crippen LogP) is 2.38. The number of nitrogens with zero attached hydrogens (tertiary/aromatic N) is 2. The molecule has 0 radical (unpaired) electrons. The summed E-state index contributed by atoms with van der Waals surface area (Å²) >= 11 is 0. The van der Waals surface area contributed by atoms with E-state index >= 15 is 0 Å². The van der Waals surface area contributed by atoms with E-state index in [2.05, 4.69) is 5.10 Å². The summed E-state index contributed by atoms with van der Waals surface area (Å²) in [6, 6.07) is 7.53. The average Bonchev–Trinajstić information content (AvgIpc) is 2.89. The van der Waals surface area contributed by atoms with E-state index in [4.69, 9.17) is 9.84 Å². The van der Waals surface area contributed by atoms with Gasteiger partial charge in [0.15, 0.2) is 5.54 Å². The van der Waals surface area contributed by atoms with Crippen LogP contribution in [0.25, 0.3) is 11.1 Å². The fourth-order valence-corrected chi connectivity index (χ4v) is 1.66. The van der Waals surface area contributed by atoms with Crippen molar-refractivity contribution in [3.8, 4) is 16.9 Å². The van der Waals surface area contributed by atoms with Crippen molar-refractivity contribution in [2.24, 2.45) is 0 Å². The zero-order valence-corrected chi connectivity index (χ0v) is 11.1. The van der Waals surface area contributed by atoms with Crippen LogP contribution < -0.4 is 4.74 Å². The van der Waals surface area contributed by atoms with Crippen molar-refractivity contribution in [2.75, 3.05) is 7.11 Å². The molecule has 0 atom stereocenters. The lowest BCUT2D eigenvalue weighted by Gasteiger charge is -2.19. The molecule has 1 heterocycles. The molecule has 0 spiro atoms. The molecular weight excluding hydrogens is 244 g/mol. The molecule has 1 aromatic carbocycles. The number of carboxylic acid groups (broad SMARTS) is 1. The monoisotopic (exact) mass is 260 g/mol. The second-order valence-electron chi connectivity index (χ2n) is 4.77. The topological polar surface area (TPSA) is 64.4 Å². The maximum atomic E-state index is 11.2. The van der Waals surface area contributed by atoms with E-state index in [-0.39, 0.29) is 0 Å². The quantitative estimate of drug-likeness (QED) is 0.916. The van der Waals surface area contributed by atoms with E-state index in [9.17, 15) is 4.79 Å². The van der Waals surface area contributed by atoms with Gasteiger partial charge in [-0.1, -0.05) is 12.1 Å². The molecule has 19 heavy (non-hydrogen) atoms. The number of aromatic nitrogens is 2. The van der Waals surface area contributed by atoms with Crippen LogP contribution in [0, 0.1) is 0 Å². The summed E-state index contributed by atoms with van der Waals surface area (Å²) in [4.78, 5) is 11.2. The average molecular weight is 260 g/mol. The molecule has 0 aliphatic rings. The van der Waals surface area contributed by atoms with Crippen LogP contribution in [0.3, 0.4) is 0 Å². The fraction of sp³-hybridized carbons (Fsp3) is 0.286. The van der Waals surface area contributed by atoms with E-state index in [1.807, 2.05) is 24.3 Å². The standard InChI is InChI=1S/C14H16N2O3/c1-14(2,13(17)18)16-9-11(8-15-16)10-4-6-12(19-3)7-5-10/h4-9H,1-3H3,(H,17,18). The van der Waals surface area contributed by atoms with Crippen molar-refractivity contribution in [1.82, 2.24) is 9.78 Å². The second kappa shape index (κ2) is 4.76. The summed E-state index contributed by atoms with van der Waals surface area (Å²) in [5, 5.41) is 13.3. The molecule has 0 amide bonds. The molecule has 0 saturated heterocycles. The van der Waals surface area contributed by atoms with E-state index < -0.39 is 11.5 Å². The molecular formula is C14H16N2O3. The first-order chi connectivity index (χ1) is 8.95. The number of hydrogen-bond acceptors (Lipinski definition) is 3. The van der Waals surface area contributed by atoms with Gasteiger partial charge in [-0.15, -0.1) is 0 Å². The Morgan fingerprint density at radius 2 is 1.89 bits per heavy atom. The van der Waals surface area contributed by atoms with Crippen LogP contribution >= 0.6 is 0 Å². The zero-order valence-electron chi connectivity index (χ0n) is 11.1. The second-order valence-corrected chi connectivity index (χ2v) is 4.77. The molecule has 0 aliphatic carbocycles. The Hall–Kier alpha value is -2.30. The number of aliphatic carboxylic acids is 1. The van der Waals surface area contributed by atoms with Gasteiger partial charge < -0.3 is 9.84 Å². The van der Waals surface area contributed by atoms with Gasteiger partial charge in [-0.25, -0.2) is 4.79 Å². The third kappa shape index (κ3) is 2.45. The minimum Gasteiger partial charge on any atom is -0.497 e. The van der Waals surface area contributed by atoms with Crippen LogP contribution in [0.5, 0.6) is 5.75 Å². The Morgan fingerprint density at radius 1 is 1.26 bits per heavy atom. The molecule has 2 rings (SSSR count). The van der Waals surface area contributed by atoms with E-state index in [1.54, 1.807) is 33.4 Å². The summed E-state index contributed by atoms with van der Waals surface area (Å²) < 4.78 is 6.55. The number of methoxy groups -OCH3 is 1. The largest absolute Gasteiger partial charge is 0.497 e. The Balaban J connectivity index is 2.32. The molecule has 2 aromatic rings. The lowest BCUT2D eigenvalue weighted by molar-refractivity contribution is -0.146. The van der Waals surface area contributed by atoms with E-state index in [1.165, 1.54) is 4.68 Å². The fourth-order valence-electron chi connectivity index (χ4n) is 1.66. The summed E-state index contributed by atoms with van der Waals surface area (Å²) in [6.45, 7) is 3.22. The molecule has 100 valence electrons. The van der Waals surface area contributed by atoms with Crippen LogP contribution in [0.2, 0.25) is 0 Å². The lowest BCUT2D eigenvalue weighted by atomic mass is 10.1. The minimum absolute atomic E-state index is 0.780. The molecule has 5 nitrogen and oxygen atoms in total. The van der Waals surface area contributed by atoms with Gasteiger partial charge in [0.05, 0.1) is 13.3 Å². The van der Waals surface area contributed by atoms with Crippen molar-refractivity contribution in [3.05, 3.63) is 36.7 Å². The Kier molecular flexibility index (Phi) is 3.29. The highest BCUT2D eigenvalue weighted by atomic mass is 16.5. The highest BCUT2D eigenvalue weighted by Gasteiger charge is 2.30. The van der Waals surface area contributed by atoms with Gasteiger partial charge in [-0.2, -0.15) is 5.10 Å². The number of carboxylic acids is 1. The summed E-state index contributed by atoms with van der Waals surface area (Å²) in [5.41, 5.74) is 0.773. The SMILES string of the molecule is COc1ccc(-c2cnn(C(C)(C)C(=O)O)c2)cc1. The predicted molar refractivity (Wildman–Crippen MR) is 71.2 cm³/mol. The van der Waals surface area contributed by atoms with Gasteiger partial charge in [0.2, 0.25) is 0 Å². The molecule has 0 fully saturated rings. The van der Waals surface area contributed by atoms with Gasteiger partial charge in [0, 0.05) is 11.8 Å². The Morgan fingerprint density at radius 3 is 2.42 bits per heavy atom. The number of hydrogen-bond donors (Lipinski definition) is 1. The van der Waals surface area contributed by atoms with E-state index in [0.29, 0.717) is 0 Å². The smallest absolute Gasteiger partial charge is 0.331 e. The van der Waals surface area contributed by atoms with Gasteiger partial charge in [-0.3, -0.25) is 4.68 Å². The highest BCUT2D eigenvalue weighted by Crippen LogP contribution is 2.24. The summed E-state index contributed by atoms with van der Waals surface area (Å²) in [7, 11) is 1.61. The first kappa shape index (κ1) is 13.1. The molecule has 0 aliphatic heterocycles. The molecule has 5 heteroatoms. The van der Waals surface area contributed by atoms with Crippen LogP contribution in [0.4, 0.5) is 0 Å². The van der Waals surface area contributed by atoms with Crippen LogP contribution in [-0.2, 0) is 10.3 Å². The molecule has 1 N–H and O–H groups in total. The summed E-state index contributed by atoms with van der Waals surface area (Å²) in [5.74, 6) is -0.140. The van der Waals surface area contributed by atoms with Crippen molar-refractivity contribution < 1.29 is 14.6 Å². The first-order valence-corrected chi connectivity index (χ1v) is 5.88. The Labute approximate surface area is 111 Å². The van der Waals surface area contributed by atoms with Gasteiger partial charge in [-0.05, 0) is 31.5 Å². The number of rotatable bonds is 4. The van der Waals surface area contributed by atoms with Gasteiger partial charge in [0.1, 0.15) is 5.75 Å². The van der Waals surface area contributed by atoms with Crippen molar-refractivity contribution >= 4 is 5.97 Å². The number of carbonyl (C=O) groups is 1. The third-order valence-corrected chi connectivity index (χ3v) is 3.10. The van der Waals surface area contributed by atoms with Crippen molar-refractivity contribution in [2.45, 2.75) is 19.4 Å². The normalized spacial score (nSPS) is 11.3. The number of benzene rings is 1. The molecule has 0 bridgehead atoms. The third-order valence-electron chi connectivity index (χ3n) is 3.10. The summed E-state index contributed by atoms with van der Waals surface area (Å²) in [6.07, 6.45) is 3.39. The van der Waals surface area contributed by atoms with E-state index in [0.717, 1.165) is 16.9 Å². The molecule has 0 saturated carbocycles. The van der Waals surface area contributed by atoms with Crippen LogP contribution in [0.15, 0.2) is 36.7 Å². The van der Waals surface area contributed by atoms with Gasteiger partial charge in [0.25, 0.3) is 0 Å². The molecule has 1 aromatic heterocycles. The van der Waals surface area contributed by atoms with Crippen molar-refractivity contribution in [1.29, 1.82) is 0 Å². The molecule has 0 unspecified atom stereocenters. The highest BCUT2D eigenvalue weighted by molar-refractivity contribution is 5.76. The maximum absolute atomic E-state index is 11.2.